The van der Waals surface area contributed by atoms with Crippen molar-refractivity contribution in [1.29, 1.82) is 0 Å². The first-order valence-electron chi connectivity index (χ1n) is 5.66. The summed E-state index contributed by atoms with van der Waals surface area (Å²) in [4.78, 5) is 0.510. The first kappa shape index (κ1) is 12.5. The number of allylic oxidation sites excluding steroid dienone is 1. The molecule has 2 aromatic rings. The third kappa shape index (κ3) is 2.33. The Balaban J connectivity index is 2.59. The van der Waals surface area contributed by atoms with Gasteiger partial charge in [0.2, 0.25) is 0 Å². The Hall–Kier alpha value is -1.94. The molecule has 0 spiro atoms. The number of hydrogen-bond acceptors (Lipinski definition) is 2. The predicted molar refractivity (Wildman–Crippen MR) is 77.3 cm³/mol. The molecule has 0 saturated heterocycles. The molecule has 1 aromatic carbocycles. The molecular weight excluding hydrogens is 244 g/mol. The number of aliphatic hydroxyl groups is 1. The highest BCUT2D eigenvalue weighted by Gasteiger charge is 2.19. The Morgan fingerprint density at radius 1 is 1.22 bits per heavy atom. The van der Waals surface area contributed by atoms with Crippen molar-refractivity contribution in [3.63, 3.8) is 0 Å². The average Bonchev–Trinajstić information content (AvgIpc) is 2.38. The summed E-state index contributed by atoms with van der Waals surface area (Å²) < 4.78 is 1.83. The summed E-state index contributed by atoms with van der Waals surface area (Å²) in [6.07, 6.45) is 3.84. The molecule has 1 heterocycles. The van der Waals surface area contributed by atoms with Crippen molar-refractivity contribution in [1.82, 2.24) is 5.32 Å². The fourth-order valence-corrected chi connectivity index (χ4v) is 2.11. The molecule has 92 valence electrons. The number of likely N-dealkylation sites (N-methyl/N-ethyl adjacent to an activating group) is 1. The number of benzene rings is 1. The molecule has 0 unspecified atom stereocenters. The van der Waals surface area contributed by atoms with Gasteiger partial charge in [-0.3, -0.25) is 0 Å². The van der Waals surface area contributed by atoms with Gasteiger partial charge in [-0.1, -0.05) is 30.4 Å². The van der Waals surface area contributed by atoms with Crippen LogP contribution in [-0.4, -0.2) is 17.1 Å². The van der Waals surface area contributed by atoms with Crippen LogP contribution in [0.2, 0.25) is 0 Å². The van der Waals surface area contributed by atoms with E-state index < -0.39 is 0 Å². The lowest BCUT2D eigenvalue weighted by molar-refractivity contribution is -0.575. The van der Waals surface area contributed by atoms with Crippen LogP contribution < -0.4 is 9.88 Å². The van der Waals surface area contributed by atoms with Crippen LogP contribution in [0.3, 0.4) is 0 Å². The Morgan fingerprint density at radius 3 is 2.50 bits per heavy atom. The van der Waals surface area contributed by atoms with Gasteiger partial charge in [0.25, 0.3) is 5.70 Å². The number of rotatable bonds is 2. The molecule has 0 fully saturated rings. The van der Waals surface area contributed by atoms with Crippen LogP contribution in [0.1, 0.15) is 6.92 Å². The first-order chi connectivity index (χ1) is 8.63. The van der Waals surface area contributed by atoms with Crippen molar-refractivity contribution >= 4 is 33.7 Å². The number of nitrogens with one attached hydrogen (secondary N) is 1. The number of nitrogens with zero attached hydrogens (tertiary/aromatic N) is 1. The van der Waals surface area contributed by atoms with Crippen LogP contribution >= 0.6 is 12.2 Å². The number of fused-ring (bicyclic) bond motifs is 1. The third-order valence-electron chi connectivity index (χ3n) is 2.73. The minimum Gasteiger partial charge on any atom is -0.506 e. The van der Waals surface area contributed by atoms with Crippen LogP contribution in [0.5, 0.6) is 0 Å². The van der Waals surface area contributed by atoms with E-state index in [-0.39, 0.29) is 5.76 Å². The van der Waals surface area contributed by atoms with Crippen LogP contribution in [0.4, 0.5) is 0 Å². The van der Waals surface area contributed by atoms with Gasteiger partial charge in [-0.2, -0.15) is 4.57 Å². The molecule has 2 rings (SSSR count). The maximum atomic E-state index is 9.77. The van der Waals surface area contributed by atoms with E-state index in [1.54, 1.807) is 14.0 Å². The largest absolute Gasteiger partial charge is 0.506 e. The summed E-state index contributed by atoms with van der Waals surface area (Å²) in [5.74, 6) is 0.189. The molecule has 18 heavy (non-hydrogen) atoms. The monoisotopic (exact) mass is 259 g/mol. The molecule has 3 nitrogen and oxygen atoms in total. The fourth-order valence-electron chi connectivity index (χ4n) is 1.86. The molecule has 0 aliphatic carbocycles. The average molecular weight is 259 g/mol. The van der Waals surface area contributed by atoms with Crippen molar-refractivity contribution in [2.24, 2.45) is 0 Å². The summed E-state index contributed by atoms with van der Waals surface area (Å²) in [5.41, 5.74) is 0.596. The molecule has 0 aliphatic heterocycles. The standard InChI is InChI=1S/C14H14N2OS/c1-10(17)13(14(18)15-2)16-8-7-11-5-3-4-6-12(11)9-16/h3-9H,1-2H3,(H-,15,17,18)/p+1. The van der Waals surface area contributed by atoms with E-state index >= 15 is 0 Å². The second kappa shape index (κ2) is 5.14. The smallest absolute Gasteiger partial charge is 0.282 e. The van der Waals surface area contributed by atoms with Crippen LogP contribution in [0.25, 0.3) is 16.5 Å². The molecule has 0 saturated carbocycles. The highest BCUT2D eigenvalue weighted by Crippen LogP contribution is 2.12. The van der Waals surface area contributed by atoms with Crippen LogP contribution in [0.15, 0.2) is 48.5 Å². The number of hydrogen-bond donors (Lipinski definition) is 2. The van der Waals surface area contributed by atoms with Gasteiger partial charge in [0.1, 0.15) is 0 Å². The summed E-state index contributed by atoms with van der Waals surface area (Å²) in [5, 5.41) is 14.9. The molecule has 0 aliphatic rings. The van der Waals surface area contributed by atoms with E-state index in [2.05, 4.69) is 5.32 Å². The SMILES string of the molecule is CNC(=S)/C(=C(/C)O)[n+]1ccc2ccccc2c1. The Labute approximate surface area is 111 Å². The molecule has 4 heteroatoms. The molecule has 0 radical (unpaired) electrons. The van der Waals surface area contributed by atoms with E-state index in [0.29, 0.717) is 10.7 Å². The van der Waals surface area contributed by atoms with E-state index in [1.165, 1.54) is 0 Å². The van der Waals surface area contributed by atoms with Crippen molar-refractivity contribution in [3.05, 3.63) is 48.5 Å². The molecule has 0 atom stereocenters. The normalized spacial score (nSPS) is 12.1. The Morgan fingerprint density at radius 2 is 1.89 bits per heavy atom. The quantitative estimate of drug-likeness (QED) is 0.376. The molecule has 1 aromatic heterocycles. The maximum Gasteiger partial charge on any atom is 0.282 e. The van der Waals surface area contributed by atoms with Crippen LogP contribution in [0, 0.1) is 0 Å². The molecule has 2 N–H and O–H groups in total. The zero-order valence-corrected chi connectivity index (χ0v) is 11.2. The Bertz CT molecular complexity index is 630. The summed E-state index contributed by atoms with van der Waals surface area (Å²) in [7, 11) is 1.74. The zero-order valence-electron chi connectivity index (χ0n) is 10.3. The summed E-state index contributed by atoms with van der Waals surface area (Å²) in [6, 6.07) is 10.1. The molecular formula is C14H15N2OS+. The van der Waals surface area contributed by atoms with E-state index in [1.807, 2.05) is 47.3 Å². The second-order valence-electron chi connectivity index (χ2n) is 3.99. The van der Waals surface area contributed by atoms with Gasteiger partial charge >= 0.3 is 0 Å². The lowest BCUT2D eigenvalue weighted by Crippen LogP contribution is -2.40. The minimum absolute atomic E-state index is 0.189. The fraction of sp³-hybridized carbons (Fsp3) is 0.143. The third-order valence-corrected chi connectivity index (χ3v) is 3.13. The van der Waals surface area contributed by atoms with Gasteiger partial charge in [0.15, 0.2) is 23.1 Å². The predicted octanol–water partition coefficient (Wildman–Crippen LogP) is 2.42. The van der Waals surface area contributed by atoms with E-state index in [4.69, 9.17) is 12.2 Å². The lowest BCUT2D eigenvalue weighted by atomic mass is 10.2. The first-order valence-corrected chi connectivity index (χ1v) is 6.06. The molecule has 0 amide bonds. The van der Waals surface area contributed by atoms with E-state index in [9.17, 15) is 5.11 Å². The van der Waals surface area contributed by atoms with Gasteiger partial charge in [0, 0.05) is 18.5 Å². The van der Waals surface area contributed by atoms with Crippen molar-refractivity contribution in [2.75, 3.05) is 7.05 Å². The summed E-state index contributed by atoms with van der Waals surface area (Å²) >= 11 is 5.21. The highest BCUT2D eigenvalue weighted by atomic mass is 32.1. The van der Waals surface area contributed by atoms with Gasteiger partial charge in [-0.05, 0) is 18.4 Å². The zero-order chi connectivity index (χ0) is 13.1. The topological polar surface area (TPSA) is 36.1 Å². The highest BCUT2D eigenvalue weighted by molar-refractivity contribution is 7.81. The van der Waals surface area contributed by atoms with Gasteiger partial charge in [-0.15, -0.1) is 0 Å². The van der Waals surface area contributed by atoms with Crippen molar-refractivity contribution < 1.29 is 9.67 Å². The van der Waals surface area contributed by atoms with Crippen molar-refractivity contribution in [2.45, 2.75) is 6.92 Å². The maximum absolute atomic E-state index is 9.77. The minimum atomic E-state index is 0.189. The number of pyridine rings is 1. The van der Waals surface area contributed by atoms with E-state index in [0.717, 1.165) is 10.8 Å². The number of aromatic nitrogens is 1. The van der Waals surface area contributed by atoms with Crippen molar-refractivity contribution in [3.8, 4) is 0 Å². The Kier molecular flexibility index (Phi) is 3.58. The number of aliphatic hydroxyl groups excluding tert-OH is 1. The number of thiocarbonyl (C=S) groups is 1. The lowest BCUT2D eigenvalue weighted by Gasteiger charge is -2.05. The second-order valence-corrected chi connectivity index (χ2v) is 4.40. The summed E-state index contributed by atoms with van der Waals surface area (Å²) in [6.45, 7) is 1.63. The van der Waals surface area contributed by atoms with Gasteiger partial charge in [-0.25, -0.2) is 0 Å². The van der Waals surface area contributed by atoms with Gasteiger partial charge in [0.05, 0.1) is 0 Å². The van der Waals surface area contributed by atoms with Gasteiger partial charge < -0.3 is 10.4 Å². The van der Waals surface area contributed by atoms with Crippen LogP contribution in [-0.2, 0) is 0 Å². The molecule has 0 bridgehead atoms.